The standard InChI is InChI=1S/C15H21Cl2NO2/c1-2-3-11(6-7-19)10-18-15(20)8-12-4-5-13(16)9-14(12)17/h4-5,9,11,19H,2-3,6-8,10H2,1H3,(H,18,20). The molecule has 0 heterocycles. The second-order valence-corrected chi connectivity index (χ2v) is 5.73. The molecule has 0 saturated carbocycles. The number of aliphatic hydroxyl groups excluding tert-OH is 1. The maximum atomic E-state index is 11.9. The molecule has 20 heavy (non-hydrogen) atoms. The lowest BCUT2D eigenvalue weighted by atomic mass is 10.00. The van der Waals surface area contributed by atoms with Gasteiger partial charge in [0.25, 0.3) is 0 Å². The predicted octanol–water partition coefficient (Wildman–Crippen LogP) is 3.45. The molecule has 1 rings (SSSR count). The number of carbonyl (C=O) groups excluding carboxylic acids is 1. The first-order valence-corrected chi connectivity index (χ1v) is 7.63. The van der Waals surface area contributed by atoms with Gasteiger partial charge in [0.2, 0.25) is 5.91 Å². The number of nitrogens with one attached hydrogen (secondary N) is 1. The van der Waals surface area contributed by atoms with Crippen molar-refractivity contribution in [3.05, 3.63) is 33.8 Å². The molecule has 0 aliphatic heterocycles. The zero-order valence-electron chi connectivity index (χ0n) is 11.7. The van der Waals surface area contributed by atoms with Crippen molar-refractivity contribution in [1.29, 1.82) is 0 Å². The van der Waals surface area contributed by atoms with Crippen LogP contribution in [0.3, 0.4) is 0 Å². The second-order valence-electron chi connectivity index (χ2n) is 4.88. The lowest BCUT2D eigenvalue weighted by Crippen LogP contribution is -2.31. The van der Waals surface area contributed by atoms with Crippen LogP contribution in [0.5, 0.6) is 0 Å². The van der Waals surface area contributed by atoms with E-state index >= 15 is 0 Å². The van der Waals surface area contributed by atoms with Crippen molar-refractivity contribution in [3.8, 4) is 0 Å². The minimum Gasteiger partial charge on any atom is -0.396 e. The van der Waals surface area contributed by atoms with Gasteiger partial charge in [-0.25, -0.2) is 0 Å². The van der Waals surface area contributed by atoms with Crippen LogP contribution in [0.15, 0.2) is 18.2 Å². The summed E-state index contributed by atoms with van der Waals surface area (Å²) in [5.74, 6) is 0.267. The molecule has 1 atom stereocenters. The molecule has 0 aliphatic rings. The van der Waals surface area contributed by atoms with Crippen molar-refractivity contribution in [2.75, 3.05) is 13.2 Å². The number of carbonyl (C=O) groups is 1. The van der Waals surface area contributed by atoms with Crippen molar-refractivity contribution in [3.63, 3.8) is 0 Å². The Labute approximate surface area is 130 Å². The van der Waals surface area contributed by atoms with E-state index < -0.39 is 0 Å². The molecular formula is C15H21Cl2NO2. The zero-order chi connectivity index (χ0) is 15.0. The molecule has 0 bridgehead atoms. The maximum absolute atomic E-state index is 11.9. The van der Waals surface area contributed by atoms with Gasteiger partial charge in [0.05, 0.1) is 6.42 Å². The van der Waals surface area contributed by atoms with Crippen molar-refractivity contribution in [2.24, 2.45) is 5.92 Å². The number of benzene rings is 1. The molecule has 0 saturated heterocycles. The van der Waals surface area contributed by atoms with E-state index in [1.807, 2.05) is 0 Å². The van der Waals surface area contributed by atoms with Crippen LogP contribution < -0.4 is 5.32 Å². The molecule has 1 aromatic carbocycles. The van der Waals surface area contributed by atoms with E-state index in [9.17, 15) is 4.79 Å². The molecule has 1 unspecified atom stereocenters. The Morgan fingerprint density at radius 2 is 2.10 bits per heavy atom. The van der Waals surface area contributed by atoms with Crippen LogP contribution in [0.4, 0.5) is 0 Å². The second kappa shape index (κ2) is 9.22. The quantitative estimate of drug-likeness (QED) is 0.771. The van der Waals surface area contributed by atoms with Gasteiger partial charge in [0.15, 0.2) is 0 Å². The van der Waals surface area contributed by atoms with Gasteiger partial charge in [-0.15, -0.1) is 0 Å². The first-order chi connectivity index (χ1) is 9.56. The highest BCUT2D eigenvalue weighted by molar-refractivity contribution is 6.35. The molecule has 1 aromatic rings. The monoisotopic (exact) mass is 317 g/mol. The first-order valence-electron chi connectivity index (χ1n) is 6.88. The highest BCUT2D eigenvalue weighted by atomic mass is 35.5. The van der Waals surface area contributed by atoms with Crippen LogP contribution >= 0.6 is 23.2 Å². The number of amides is 1. The van der Waals surface area contributed by atoms with E-state index in [1.165, 1.54) is 0 Å². The van der Waals surface area contributed by atoms with Crippen LogP contribution in [0.25, 0.3) is 0 Å². The van der Waals surface area contributed by atoms with Crippen molar-refractivity contribution in [1.82, 2.24) is 5.32 Å². The minimum absolute atomic E-state index is 0.0618. The topological polar surface area (TPSA) is 49.3 Å². The molecule has 0 fully saturated rings. The van der Waals surface area contributed by atoms with Crippen LogP contribution in [-0.4, -0.2) is 24.2 Å². The van der Waals surface area contributed by atoms with Crippen LogP contribution in [-0.2, 0) is 11.2 Å². The van der Waals surface area contributed by atoms with Gasteiger partial charge in [-0.05, 0) is 36.5 Å². The Morgan fingerprint density at radius 3 is 2.70 bits per heavy atom. The Kier molecular flexibility index (Phi) is 7.97. The summed E-state index contributed by atoms with van der Waals surface area (Å²) in [5, 5.41) is 13.0. The number of hydrogen-bond donors (Lipinski definition) is 2. The summed E-state index contributed by atoms with van der Waals surface area (Å²) in [6.07, 6.45) is 3.01. The summed E-state index contributed by atoms with van der Waals surface area (Å²) < 4.78 is 0. The third kappa shape index (κ3) is 6.12. The largest absolute Gasteiger partial charge is 0.396 e. The molecule has 0 aliphatic carbocycles. The summed E-state index contributed by atoms with van der Waals surface area (Å²) in [5.41, 5.74) is 0.766. The summed E-state index contributed by atoms with van der Waals surface area (Å²) in [7, 11) is 0. The number of halogens is 2. The minimum atomic E-state index is -0.0618. The lowest BCUT2D eigenvalue weighted by molar-refractivity contribution is -0.120. The predicted molar refractivity (Wildman–Crippen MR) is 83.3 cm³/mol. The van der Waals surface area contributed by atoms with Crippen molar-refractivity contribution in [2.45, 2.75) is 32.6 Å². The van der Waals surface area contributed by atoms with Gasteiger partial charge in [-0.3, -0.25) is 4.79 Å². The molecule has 0 aromatic heterocycles. The molecule has 1 amide bonds. The van der Waals surface area contributed by atoms with Crippen LogP contribution in [0.1, 0.15) is 31.7 Å². The molecule has 5 heteroatoms. The van der Waals surface area contributed by atoms with Gasteiger partial charge >= 0.3 is 0 Å². The molecular weight excluding hydrogens is 297 g/mol. The third-order valence-corrected chi connectivity index (χ3v) is 3.78. The highest BCUT2D eigenvalue weighted by Gasteiger charge is 2.11. The Morgan fingerprint density at radius 1 is 1.35 bits per heavy atom. The fourth-order valence-corrected chi connectivity index (χ4v) is 2.57. The lowest BCUT2D eigenvalue weighted by Gasteiger charge is -2.15. The Bertz CT molecular complexity index is 432. The fourth-order valence-electron chi connectivity index (χ4n) is 2.10. The smallest absolute Gasteiger partial charge is 0.224 e. The van der Waals surface area contributed by atoms with Gasteiger partial charge in [-0.1, -0.05) is 42.6 Å². The number of rotatable bonds is 8. The summed E-state index contributed by atoms with van der Waals surface area (Å²) in [6, 6.07) is 5.13. The normalized spacial score (nSPS) is 12.2. The van der Waals surface area contributed by atoms with Crippen LogP contribution in [0, 0.1) is 5.92 Å². The summed E-state index contributed by atoms with van der Waals surface area (Å²) in [6.45, 7) is 2.85. The summed E-state index contributed by atoms with van der Waals surface area (Å²) in [4.78, 5) is 11.9. The van der Waals surface area contributed by atoms with Crippen molar-refractivity contribution < 1.29 is 9.90 Å². The summed E-state index contributed by atoms with van der Waals surface area (Å²) >= 11 is 11.9. The van der Waals surface area contributed by atoms with Crippen molar-refractivity contribution >= 4 is 29.1 Å². The third-order valence-electron chi connectivity index (χ3n) is 3.19. The zero-order valence-corrected chi connectivity index (χ0v) is 13.2. The molecule has 3 nitrogen and oxygen atoms in total. The van der Waals surface area contributed by atoms with Gasteiger partial charge in [0, 0.05) is 23.2 Å². The van der Waals surface area contributed by atoms with E-state index in [0.29, 0.717) is 22.5 Å². The number of aliphatic hydroxyl groups is 1. The van der Waals surface area contributed by atoms with E-state index in [4.69, 9.17) is 28.3 Å². The van der Waals surface area contributed by atoms with Gasteiger partial charge in [-0.2, -0.15) is 0 Å². The SMILES string of the molecule is CCCC(CCO)CNC(=O)Cc1ccc(Cl)cc1Cl. The molecule has 0 radical (unpaired) electrons. The average Bonchev–Trinajstić information content (AvgIpc) is 2.40. The first kappa shape index (κ1) is 17.3. The van der Waals surface area contributed by atoms with Gasteiger partial charge < -0.3 is 10.4 Å². The average molecular weight is 318 g/mol. The fraction of sp³-hybridized carbons (Fsp3) is 0.533. The Balaban J connectivity index is 2.46. The Hall–Kier alpha value is -0.770. The van der Waals surface area contributed by atoms with Gasteiger partial charge in [0.1, 0.15) is 0 Å². The highest BCUT2D eigenvalue weighted by Crippen LogP contribution is 2.21. The van der Waals surface area contributed by atoms with Crippen LogP contribution in [0.2, 0.25) is 10.0 Å². The molecule has 112 valence electrons. The number of hydrogen-bond acceptors (Lipinski definition) is 2. The van der Waals surface area contributed by atoms with E-state index in [2.05, 4.69) is 12.2 Å². The van der Waals surface area contributed by atoms with E-state index in [-0.39, 0.29) is 18.9 Å². The van der Waals surface area contributed by atoms with E-state index in [1.54, 1.807) is 18.2 Å². The molecule has 2 N–H and O–H groups in total. The van der Waals surface area contributed by atoms with E-state index in [0.717, 1.165) is 24.8 Å². The molecule has 0 spiro atoms. The maximum Gasteiger partial charge on any atom is 0.224 e.